The third kappa shape index (κ3) is 3.48. The first-order chi connectivity index (χ1) is 8.04. The lowest BCUT2D eigenvalue weighted by Crippen LogP contribution is -2.44. The van der Waals surface area contributed by atoms with Crippen LogP contribution in [0.4, 0.5) is 0 Å². The van der Waals surface area contributed by atoms with Crippen molar-refractivity contribution in [2.24, 2.45) is 5.73 Å². The first-order valence-corrected chi connectivity index (χ1v) is 7.00. The third-order valence-electron chi connectivity index (χ3n) is 2.84. The number of hydrogen-bond donors (Lipinski definition) is 1. The predicted molar refractivity (Wildman–Crippen MR) is 70.0 cm³/mol. The summed E-state index contributed by atoms with van der Waals surface area (Å²) in [7, 11) is 0. The molecule has 2 rings (SSSR count). The van der Waals surface area contributed by atoms with Gasteiger partial charge in [-0.2, -0.15) is 0 Å². The molecule has 1 fully saturated rings. The van der Waals surface area contributed by atoms with Gasteiger partial charge in [0.25, 0.3) is 0 Å². The van der Waals surface area contributed by atoms with Crippen LogP contribution in [0.3, 0.4) is 0 Å². The SMILES string of the molecule is CC1CN(Cc2csc(C(C)N)n2)CC(C)O1. The van der Waals surface area contributed by atoms with Crippen molar-refractivity contribution in [2.75, 3.05) is 13.1 Å². The molecule has 0 amide bonds. The van der Waals surface area contributed by atoms with E-state index in [9.17, 15) is 0 Å². The van der Waals surface area contributed by atoms with Crippen molar-refractivity contribution in [3.8, 4) is 0 Å². The van der Waals surface area contributed by atoms with Crippen molar-refractivity contribution < 1.29 is 4.74 Å². The van der Waals surface area contributed by atoms with Gasteiger partial charge in [0.05, 0.1) is 23.9 Å². The molecule has 2 N–H and O–H groups in total. The normalized spacial score (nSPS) is 28.2. The number of rotatable bonds is 3. The zero-order chi connectivity index (χ0) is 12.4. The summed E-state index contributed by atoms with van der Waals surface area (Å²) in [6, 6.07) is 0.0382. The Morgan fingerprint density at radius 3 is 2.71 bits per heavy atom. The van der Waals surface area contributed by atoms with Crippen LogP contribution in [-0.2, 0) is 11.3 Å². The molecule has 1 saturated heterocycles. The number of thiazole rings is 1. The maximum atomic E-state index is 5.82. The Balaban J connectivity index is 1.95. The number of nitrogens with two attached hydrogens (primary N) is 1. The van der Waals surface area contributed by atoms with E-state index < -0.39 is 0 Å². The van der Waals surface area contributed by atoms with E-state index in [2.05, 4.69) is 29.1 Å². The van der Waals surface area contributed by atoms with Gasteiger partial charge in [0, 0.05) is 25.0 Å². The van der Waals surface area contributed by atoms with Crippen molar-refractivity contribution in [3.05, 3.63) is 16.1 Å². The van der Waals surface area contributed by atoms with Crippen molar-refractivity contribution >= 4 is 11.3 Å². The lowest BCUT2D eigenvalue weighted by Gasteiger charge is -2.34. The topological polar surface area (TPSA) is 51.4 Å². The number of hydrogen-bond acceptors (Lipinski definition) is 5. The monoisotopic (exact) mass is 255 g/mol. The molecule has 2 heterocycles. The minimum Gasteiger partial charge on any atom is -0.373 e. The predicted octanol–water partition coefficient (Wildman–Crippen LogP) is 1.77. The summed E-state index contributed by atoms with van der Waals surface area (Å²) in [5, 5.41) is 3.14. The fourth-order valence-corrected chi connectivity index (χ4v) is 3.02. The first-order valence-electron chi connectivity index (χ1n) is 6.12. The summed E-state index contributed by atoms with van der Waals surface area (Å²) < 4.78 is 5.72. The summed E-state index contributed by atoms with van der Waals surface area (Å²) in [6.45, 7) is 9.09. The molecule has 0 aliphatic carbocycles. The van der Waals surface area contributed by atoms with Gasteiger partial charge in [0.1, 0.15) is 5.01 Å². The highest BCUT2D eigenvalue weighted by atomic mass is 32.1. The van der Waals surface area contributed by atoms with Crippen LogP contribution in [0.1, 0.15) is 37.5 Å². The molecule has 0 spiro atoms. The van der Waals surface area contributed by atoms with Crippen LogP contribution in [0.15, 0.2) is 5.38 Å². The Morgan fingerprint density at radius 1 is 1.53 bits per heavy atom. The third-order valence-corrected chi connectivity index (χ3v) is 3.93. The molecule has 0 aromatic carbocycles. The average Bonchev–Trinajstić information content (AvgIpc) is 2.64. The van der Waals surface area contributed by atoms with Gasteiger partial charge in [-0.1, -0.05) is 0 Å². The van der Waals surface area contributed by atoms with Crippen LogP contribution >= 0.6 is 11.3 Å². The molecule has 1 aromatic rings. The highest BCUT2D eigenvalue weighted by molar-refractivity contribution is 7.09. The second kappa shape index (κ2) is 5.44. The average molecular weight is 255 g/mol. The summed E-state index contributed by atoms with van der Waals surface area (Å²) in [5.41, 5.74) is 6.95. The van der Waals surface area contributed by atoms with E-state index in [0.717, 1.165) is 30.3 Å². The smallest absolute Gasteiger partial charge is 0.109 e. The van der Waals surface area contributed by atoms with Gasteiger partial charge in [-0.15, -0.1) is 11.3 Å². The molecule has 1 aromatic heterocycles. The van der Waals surface area contributed by atoms with E-state index in [1.165, 1.54) is 0 Å². The Kier molecular flexibility index (Phi) is 4.14. The fourth-order valence-electron chi connectivity index (χ4n) is 2.25. The summed E-state index contributed by atoms with van der Waals surface area (Å²) in [5.74, 6) is 0. The van der Waals surface area contributed by atoms with Gasteiger partial charge in [-0.25, -0.2) is 4.98 Å². The molecule has 3 atom stereocenters. The molecule has 1 aliphatic rings. The first kappa shape index (κ1) is 13.0. The molecular formula is C12H21N3OS. The molecular weight excluding hydrogens is 234 g/mol. The van der Waals surface area contributed by atoms with Crippen LogP contribution in [-0.4, -0.2) is 35.2 Å². The minimum atomic E-state index is 0.0382. The summed E-state index contributed by atoms with van der Waals surface area (Å²) in [4.78, 5) is 6.97. The second-order valence-electron chi connectivity index (χ2n) is 4.92. The van der Waals surface area contributed by atoms with E-state index in [-0.39, 0.29) is 6.04 Å². The van der Waals surface area contributed by atoms with E-state index in [4.69, 9.17) is 10.5 Å². The van der Waals surface area contributed by atoms with Crippen molar-refractivity contribution in [1.82, 2.24) is 9.88 Å². The van der Waals surface area contributed by atoms with Crippen LogP contribution in [0.5, 0.6) is 0 Å². The molecule has 0 bridgehead atoms. The largest absolute Gasteiger partial charge is 0.373 e. The number of aromatic nitrogens is 1. The van der Waals surface area contributed by atoms with Gasteiger partial charge in [-0.3, -0.25) is 4.90 Å². The maximum absolute atomic E-state index is 5.82. The molecule has 0 radical (unpaired) electrons. The molecule has 3 unspecified atom stereocenters. The highest BCUT2D eigenvalue weighted by Gasteiger charge is 2.22. The van der Waals surface area contributed by atoms with E-state index >= 15 is 0 Å². The summed E-state index contributed by atoms with van der Waals surface area (Å²) in [6.07, 6.45) is 0.621. The minimum absolute atomic E-state index is 0.0382. The van der Waals surface area contributed by atoms with E-state index in [0.29, 0.717) is 12.2 Å². The Bertz CT molecular complexity index is 356. The molecule has 96 valence electrons. The molecule has 0 saturated carbocycles. The molecule has 5 heteroatoms. The van der Waals surface area contributed by atoms with Crippen LogP contribution in [0.2, 0.25) is 0 Å². The van der Waals surface area contributed by atoms with Gasteiger partial charge in [-0.05, 0) is 20.8 Å². The molecule has 17 heavy (non-hydrogen) atoms. The van der Waals surface area contributed by atoms with Crippen LogP contribution in [0.25, 0.3) is 0 Å². The fraction of sp³-hybridized carbons (Fsp3) is 0.750. The van der Waals surface area contributed by atoms with Crippen molar-refractivity contribution in [1.29, 1.82) is 0 Å². The summed E-state index contributed by atoms with van der Waals surface area (Å²) >= 11 is 1.65. The zero-order valence-corrected chi connectivity index (χ0v) is 11.5. The van der Waals surface area contributed by atoms with Gasteiger partial charge < -0.3 is 10.5 Å². The van der Waals surface area contributed by atoms with E-state index in [1.54, 1.807) is 11.3 Å². The van der Waals surface area contributed by atoms with Crippen molar-refractivity contribution in [2.45, 2.75) is 45.6 Å². The van der Waals surface area contributed by atoms with Gasteiger partial charge in [0.15, 0.2) is 0 Å². The zero-order valence-electron chi connectivity index (χ0n) is 10.7. The number of ether oxygens (including phenoxy) is 1. The Morgan fingerprint density at radius 2 is 2.18 bits per heavy atom. The molecule has 1 aliphatic heterocycles. The number of nitrogens with zero attached hydrogens (tertiary/aromatic N) is 2. The second-order valence-corrected chi connectivity index (χ2v) is 5.81. The molecule has 4 nitrogen and oxygen atoms in total. The van der Waals surface area contributed by atoms with E-state index in [1.807, 2.05) is 6.92 Å². The highest BCUT2D eigenvalue weighted by Crippen LogP contribution is 2.19. The quantitative estimate of drug-likeness (QED) is 0.894. The number of morpholine rings is 1. The van der Waals surface area contributed by atoms with Gasteiger partial charge >= 0.3 is 0 Å². The van der Waals surface area contributed by atoms with Crippen molar-refractivity contribution in [3.63, 3.8) is 0 Å². The van der Waals surface area contributed by atoms with Crippen LogP contribution in [0, 0.1) is 0 Å². The standard InChI is InChI=1S/C12H21N3OS/c1-8-4-15(5-9(2)16-8)6-11-7-17-12(14-11)10(3)13/h7-10H,4-6,13H2,1-3H3. The van der Waals surface area contributed by atoms with Crippen LogP contribution < -0.4 is 5.73 Å². The Hall–Kier alpha value is -0.490. The Labute approximate surface area is 107 Å². The lowest BCUT2D eigenvalue weighted by molar-refractivity contribution is -0.0707. The van der Waals surface area contributed by atoms with Gasteiger partial charge in [0.2, 0.25) is 0 Å². The lowest BCUT2D eigenvalue weighted by atomic mass is 10.2. The maximum Gasteiger partial charge on any atom is 0.109 e.